The summed E-state index contributed by atoms with van der Waals surface area (Å²) in [7, 11) is 0. The van der Waals surface area contributed by atoms with Crippen LogP contribution in [0.4, 0.5) is 4.79 Å². The maximum absolute atomic E-state index is 12.6. The highest BCUT2D eigenvalue weighted by atomic mass is 16.5. The predicted octanol–water partition coefficient (Wildman–Crippen LogP) is 3.82. The number of aliphatic carboxylic acids is 1. The summed E-state index contributed by atoms with van der Waals surface area (Å²) in [6, 6.07) is 16.3. The van der Waals surface area contributed by atoms with E-state index in [0.717, 1.165) is 36.8 Å². The standard InChI is InChI=1S/C27H28N2O5/c30-23(28-17-11-16-12-27(16,13-17)24(31)32)14-26(9-10-26)29-25(33)34-15-22-20-7-3-1-5-18(20)19-6-2-4-8-21(19)22/h1-8,16-17,22H,9-15H2,(H,28,30)(H,29,33)(H,31,32)/t16-,17+,27+/m1/s1. The van der Waals surface area contributed by atoms with E-state index in [2.05, 4.69) is 34.9 Å². The maximum Gasteiger partial charge on any atom is 0.407 e. The van der Waals surface area contributed by atoms with Gasteiger partial charge < -0.3 is 20.5 Å². The van der Waals surface area contributed by atoms with Crippen LogP contribution in [0.1, 0.15) is 55.6 Å². The Bertz CT molecular complexity index is 1140. The van der Waals surface area contributed by atoms with Gasteiger partial charge >= 0.3 is 12.1 Å². The quantitative estimate of drug-likeness (QED) is 0.583. The molecule has 3 fully saturated rings. The van der Waals surface area contributed by atoms with Crippen LogP contribution in [-0.2, 0) is 14.3 Å². The van der Waals surface area contributed by atoms with Crippen LogP contribution in [0, 0.1) is 11.3 Å². The molecule has 4 aliphatic carbocycles. The van der Waals surface area contributed by atoms with Crippen molar-refractivity contribution in [2.24, 2.45) is 11.3 Å². The first kappa shape index (κ1) is 21.2. The van der Waals surface area contributed by atoms with Crippen LogP contribution in [0.15, 0.2) is 48.5 Å². The number of carboxylic acids is 1. The molecule has 0 radical (unpaired) electrons. The van der Waals surface area contributed by atoms with Crippen LogP contribution < -0.4 is 10.6 Å². The summed E-state index contributed by atoms with van der Waals surface area (Å²) in [6.07, 6.45) is 3.11. The van der Waals surface area contributed by atoms with Crippen molar-refractivity contribution in [1.82, 2.24) is 10.6 Å². The second-order valence-electron chi connectivity index (χ2n) is 10.5. The van der Waals surface area contributed by atoms with E-state index in [9.17, 15) is 19.5 Å². The number of carbonyl (C=O) groups excluding carboxylic acids is 2. The van der Waals surface area contributed by atoms with Crippen molar-refractivity contribution in [2.75, 3.05) is 6.61 Å². The number of alkyl carbamates (subject to hydrolysis) is 1. The molecule has 0 aromatic heterocycles. The molecule has 0 unspecified atom stereocenters. The van der Waals surface area contributed by atoms with Crippen molar-refractivity contribution in [2.45, 2.75) is 56.0 Å². The van der Waals surface area contributed by atoms with E-state index < -0.39 is 23.0 Å². The van der Waals surface area contributed by atoms with Gasteiger partial charge in [-0.2, -0.15) is 0 Å². The van der Waals surface area contributed by atoms with Gasteiger partial charge in [-0.25, -0.2) is 4.79 Å². The zero-order chi connectivity index (χ0) is 23.5. The summed E-state index contributed by atoms with van der Waals surface area (Å²) < 4.78 is 5.64. The number of benzene rings is 2. The van der Waals surface area contributed by atoms with Crippen molar-refractivity contribution in [3.63, 3.8) is 0 Å². The highest BCUT2D eigenvalue weighted by Gasteiger charge is 2.65. The number of fused-ring (bicyclic) bond motifs is 4. The van der Waals surface area contributed by atoms with Gasteiger partial charge in [-0.1, -0.05) is 48.5 Å². The molecule has 4 aliphatic rings. The maximum atomic E-state index is 12.6. The van der Waals surface area contributed by atoms with Gasteiger partial charge in [-0.3, -0.25) is 9.59 Å². The van der Waals surface area contributed by atoms with Crippen LogP contribution in [0.2, 0.25) is 0 Å². The first-order valence-corrected chi connectivity index (χ1v) is 12.1. The Hall–Kier alpha value is -3.35. The van der Waals surface area contributed by atoms with Gasteiger partial charge in [0.1, 0.15) is 6.61 Å². The molecule has 2 amide bonds. The van der Waals surface area contributed by atoms with Gasteiger partial charge in [-0.05, 0) is 60.3 Å². The molecule has 0 spiro atoms. The molecule has 2 aromatic rings. The molecule has 34 heavy (non-hydrogen) atoms. The van der Waals surface area contributed by atoms with Crippen LogP contribution >= 0.6 is 0 Å². The molecule has 7 heteroatoms. The summed E-state index contributed by atoms with van der Waals surface area (Å²) >= 11 is 0. The number of amides is 2. The van der Waals surface area contributed by atoms with Gasteiger partial charge in [0.2, 0.25) is 5.91 Å². The molecule has 3 N–H and O–H groups in total. The highest BCUT2D eigenvalue weighted by molar-refractivity contribution is 5.82. The van der Waals surface area contributed by atoms with Crippen LogP contribution in [0.3, 0.4) is 0 Å². The average molecular weight is 461 g/mol. The predicted molar refractivity (Wildman–Crippen MR) is 124 cm³/mol. The van der Waals surface area contributed by atoms with Crippen molar-refractivity contribution in [1.29, 1.82) is 0 Å². The number of hydrogen-bond acceptors (Lipinski definition) is 4. The molecule has 176 valence electrons. The molecule has 0 heterocycles. The van der Waals surface area contributed by atoms with Crippen LogP contribution in [-0.4, -0.2) is 41.3 Å². The number of ether oxygens (including phenoxy) is 1. The second kappa shape index (κ2) is 7.58. The van der Waals surface area contributed by atoms with Gasteiger partial charge in [-0.15, -0.1) is 0 Å². The molecular formula is C27H28N2O5. The zero-order valence-electron chi connectivity index (χ0n) is 18.9. The number of carbonyl (C=O) groups is 3. The van der Waals surface area contributed by atoms with Crippen LogP contribution in [0.5, 0.6) is 0 Å². The Kier molecular flexibility index (Phi) is 4.73. The van der Waals surface area contributed by atoms with Gasteiger partial charge in [0.15, 0.2) is 0 Å². The summed E-state index contributed by atoms with van der Waals surface area (Å²) in [5, 5.41) is 15.3. The molecular weight excluding hydrogens is 432 g/mol. The minimum Gasteiger partial charge on any atom is -0.481 e. The molecule has 3 atom stereocenters. The Balaban J connectivity index is 1.03. The van der Waals surface area contributed by atoms with Crippen molar-refractivity contribution in [3.05, 3.63) is 59.7 Å². The Labute approximate surface area is 197 Å². The fourth-order valence-corrected chi connectivity index (χ4v) is 6.20. The molecule has 2 aromatic carbocycles. The average Bonchev–Trinajstić information content (AvgIpc) is 3.66. The fourth-order valence-electron chi connectivity index (χ4n) is 6.20. The first-order chi connectivity index (χ1) is 16.4. The third-order valence-corrected chi connectivity index (χ3v) is 8.27. The summed E-state index contributed by atoms with van der Waals surface area (Å²) in [4.78, 5) is 36.7. The third-order valence-electron chi connectivity index (χ3n) is 8.27. The monoisotopic (exact) mass is 460 g/mol. The Morgan fingerprint density at radius 3 is 2.21 bits per heavy atom. The lowest BCUT2D eigenvalue weighted by molar-refractivity contribution is -0.143. The lowest BCUT2D eigenvalue weighted by atomic mass is 9.98. The summed E-state index contributed by atoms with van der Waals surface area (Å²) in [5.74, 6) is -0.704. The van der Waals surface area contributed by atoms with E-state index >= 15 is 0 Å². The van der Waals surface area contributed by atoms with E-state index in [1.54, 1.807) is 0 Å². The fraction of sp³-hybridized carbons (Fsp3) is 0.444. The Morgan fingerprint density at radius 1 is 0.971 bits per heavy atom. The summed E-state index contributed by atoms with van der Waals surface area (Å²) in [6.45, 7) is 0.239. The lowest BCUT2D eigenvalue weighted by Gasteiger charge is -2.21. The van der Waals surface area contributed by atoms with Crippen molar-refractivity contribution >= 4 is 18.0 Å². The number of nitrogens with one attached hydrogen (secondary N) is 2. The van der Waals surface area contributed by atoms with E-state index in [4.69, 9.17) is 4.74 Å². The van der Waals surface area contributed by atoms with E-state index in [1.807, 2.05) is 24.3 Å². The second-order valence-corrected chi connectivity index (χ2v) is 10.5. The van der Waals surface area contributed by atoms with Crippen molar-refractivity contribution < 1.29 is 24.2 Å². The molecule has 0 bridgehead atoms. The number of carboxylic acid groups (broad SMARTS) is 1. The van der Waals surface area contributed by atoms with Gasteiger partial charge in [0.25, 0.3) is 0 Å². The third kappa shape index (κ3) is 3.54. The Morgan fingerprint density at radius 2 is 1.62 bits per heavy atom. The highest BCUT2D eigenvalue weighted by Crippen LogP contribution is 2.63. The SMILES string of the molecule is O=C(CC1(NC(=O)OCC2c3ccccc3-c3ccccc32)CC1)N[C@H]1C[C@@H]2C[C@]2(C(=O)O)C1. The zero-order valence-corrected chi connectivity index (χ0v) is 18.9. The largest absolute Gasteiger partial charge is 0.481 e. The molecule has 6 rings (SSSR count). The van der Waals surface area contributed by atoms with Crippen LogP contribution in [0.25, 0.3) is 11.1 Å². The number of hydrogen-bond donors (Lipinski definition) is 3. The topological polar surface area (TPSA) is 105 Å². The van der Waals surface area contributed by atoms with E-state index in [0.29, 0.717) is 6.42 Å². The van der Waals surface area contributed by atoms with E-state index in [-0.39, 0.29) is 36.8 Å². The molecule has 3 saturated carbocycles. The van der Waals surface area contributed by atoms with E-state index in [1.165, 1.54) is 11.1 Å². The summed E-state index contributed by atoms with van der Waals surface area (Å²) in [5.41, 5.74) is 3.50. The molecule has 0 saturated heterocycles. The lowest BCUT2D eigenvalue weighted by Crippen LogP contribution is -2.43. The van der Waals surface area contributed by atoms with Gasteiger partial charge in [0.05, 0.1) is 11.0 Å². The minimum atomic E-state index is -0.746. The van der Waals surface area contributed by atoms with Gasteiger partial charge in [0, 0.05) is 18.4 Å². The smallest absolute Gasteiger partial charge is 0.407 e. The number of rotatable bonds is 7. The normalized spacial score (nSPS) is 27.2. The minimum absolute atomic E-state index is 0.00745. The molecule has 0 aliphatic heterocycles. The van der Waals surface area contributed by atoms with Crippen molar-refractivity contribution in [3.8, 4) is 11.1 Å². The molecule has 7 nitrogen and oxygen atoms in total. The first-order valence-electron chi connectivity index (χ1n) is 12.1.